The molecule has 1 unspecified atom stereocenters. The summed E-state index contributed by atoms with van der Waals surface area (Å²) in [5, 5.41) is 4.49. The molecule has 0 bridgehead atoms. The standard InChI is InChI=1S/C28H28N2O2/c1-32-22-15-13-21(14-16-22)28-24(23-9-5-6-10-25(23)29-28)17-18-26(31)30-27(20-11-12-20)19-7-3-2-4-8-19/h2-10,13-16,20,27,29H,11-12,17-18H2,1H3,(H,30,31). The first-order valence-corrected chi connectivity index (χ1v) is 11.3. The van der Waals surface area contributed by atoms with E-state index in [-0.39, 0.29) is 11.9 Å². The van der Waals surface area contributed by atoms with Crippen LogP contribution in [0.5, 0.6) is 5.75 Å². The van der Waals surface area contributed by atoms with Crippen LogP contribution < -0.4 is 10.1 Å². The fraction of sp³-hybridized carbons (Fsp3) is 0.250. The number of methoxy groups -OCH3 is 1. The molecule has 5 rings (SSSR count). The smallest absolute Gasteiger partial charge is 0.220 e. The first kappa shape index (κ1) is 20.4. The lowest BCUT2D eigenvalue weighted by molar-refractivity contribution is -0.122. The van der Waals surface area contributed by atoms with Crippen molar-refractivity contribution in [3.05, 3.63) is 90.0 Å². The highest BCUT2D eigenvalue weighted by Crippen LogP contribution is 2.41. The molecule has 1 amide bonds. The minimum Gasteiger partial charge on any atom is -0.497 e. The maximum atomic E-state index is 13.0. The summed E-state index contributed by atoms with van der Waals surface area (Å²) in [6, 6.07) is 26.8. The van der Waals surface area contributed by atoms with Gasteiger partial charge in [-0.2, -0.15) is 0 Å². The second-order valence-electron chi connectivity index (χ2n) is 8.55. The van der Waals surface area contributed by atoms with Gasteiger partial charge < -0.3 is 15.0 Å². The van der Waals surface area contributed by atoms with Crippen molar-refractivity contribution in [2.24, 2.45) is 5.92 Å². The van der Waals surface area contributed by atoms with E-state index in [1.165, 1.54) is 29.4 Å². The van der Waals surface area contributed by atoms with Gasteiger partial charge in [0.25, 0.3) is 0 Å². The number of carbonyl (C=O) groups is 1. The Labute approximate surface area is 188 Å². The quantitative estimate of drug-likeness (QED) is 0.362. The van der Waals surface area contributed by atoms with Crippen molar-refractivity contribution in [1.82, 2.24) is 10.3 Å². The fourth-order valence-corrected chi connectivity index (χ4v) is 4.51. The summed E-state index contributed by atoms with van der Waals surface area (Å²) in [6.45, 7) is 0. The van der Waals surface area contributed by atoms with Crippen LogP contribution in [-0.4, -0.2) is 18.0 Å². The van der Waals surface area contributed by atoms with E-state index in [1.807, 2.05) is 36.4 Å². The van der Waals surface area contributed by atoms with Gasteiger partial charge in [0.15, 0.2) is 0 Å². The van der Waals surface area contributed by atoms with Crippen LogP contribution in [0.2, 0.25) is 0 Å². The van der Waals surface area contributed by atoms with Crippen LogP contribution in [0.15, 0.2) is 78.9 Å². The molecular weight excluding hydrogens is 396 g/mol. The summed E-state index contributed by atoms with van der Waals surface area (Å²) in [5.74, 6) is 1.50. The van der Waals surface area contributed by atoms with Crippen molar-refractivity contribution in [2.45, 2.75) is 31.7 Å². The summed E-state index contributed by atoms with van der Waals surface area (Å²) < 4.78 is 5.31. The molecule has 2 N–H and O–H groups in total. The van der Waals surface area contributed by atoms with Gasteiger partial charge in [0, 0.05) is 23.0 Å². The summed E-state index contributed by atoms with van der Waals surface area (Å²) in [6.07, 6.45) is 3.51. The first-order valence-electron chi connectivity index (χ1n) is 11.3. The molecule has 1 heterocycles. The zero-order valence-corrected chi connectivity index (χ0v) is 18.3. The van der Waals surface area contributed by atoms with Gasteiger partial charge in [0.1, 0.15) is 5.75 Å². The number of aromatic nitrogens is 1. The molecular formula is C28H28N2O2. The summed E-state index contributed by atoms with van der Waals surface area (Å²) in [7, 11) is 1.67. The number of fused-ring (bicyclic) bond motifs is 1. The average Bonchev–Trinajstić information content (AvgIpc) is 3.62. The molecule has 4 nitrogen and oxygen atoms in total. The Morgan fingerprint density at radius 1 is 1.00 bits per heavy atom. The Bertz CT molecular complexity index is 1210. The third-order valence-corrected chi connectivity index (χ3v) is 6.36. The van der Waals surface area contributed by atoms with Crippen molar-refractivity contribution in [3.63, 3.8) is 0 Å². The van der Waals surface area contributed by atoms with Gasteiger partial charge in [0.05, 0.1) is 13.2 Å². The molecule has 0 spiro atoms. The summed E-state index contributed by atoms with van der Waals surface area (Å²) in [5.41, 5.74) is 5.65. The number of aromatic amines is 1. The molecule has 162 valence electrons. The van der Waals surface area contributed by atoms with E-state index in [0.717, 1.165) is 22.5 Å². The summed E-state index contributed by atoms with van der Waals surface area (Å²) >= 11 is 0. The number of para-hydroxylation sites is 1. The maximum absolute atomic E-state index is 13.0. The van der Waals surface area contributed by atoms with E-state index in [0.29, 0.717) is 18.8 Å². The number of amides is 1. The minimum absolute atomic E-state index is 0.108. The molecule has 4 aromatic rings. The number of aryl methyl sites for hydroxylation is 1. The average molecular weight is 425 g/mol. The van der Waals surface area contributed by atoms with Crippen LogP contribution in [0.3, 0.4) is 0 Å². The Morgan fingerprint density at radius 2 is 1.72 bits per heavy atom. The molecule has 1 saturated carbocycles. The number of ether oxygens (including phenoxy) is 1. The Morgan fingerprint density at radius 3 is 2.44 bits per heavy atom. The van der Waals surface area contributed by atoms with E-state index < -0.39 is 0 Å². The van der Waals surface area contributed by atoms with Crippen molar-refractivity contribution >= 4 is 16.8 Å². The monoisotopic (exact) mass is 424 g/mol. The lowest BCUT2D eigenvalue weighted by atomic mass is 9.99. The lowest BCUT2D eigenvalue weighted by Crippen LogP contribution is -2.30. The minimum atomic E-state index is 0.108. The molecule has 0 radical (unpaired) electrons. The summed E-state index contributed by atoms with van der Waals surface area (Å²) in [4.78, 5) is 16.5. The number of hydrogen-bond acceptors (Lipinski definition) is 2. The van der Waals surface area contributed by atoms with Gasteiger partial charge in [-0.05, 0) is 72.2 Å². The Kier molecular flexibility index (Phi) is 5.68. The van der Waals surface area contributed by atoms with Gasteiger partial charge in [-0.3, -0.25) is 4.79 Å². The zero-order valence-electron chi connectivity index (χ0n) is 18.3. The van der Waals surface area contributed by atoms with Crippen molar-refractivity contribution < 1.29 is 9.53 Å². The largest absolute Gasteiger partial charge is 0.497 e. The molecule has 1 aromatic heterocycles. The number of benzene rings is 3. The second kappa shape index (κ2) is 8.91. The van der Waals surface area contributed by atoms with Crippen LogP contribution in [0.4, 0.5) is 0 Å². The molecule has 1 fully saturated rings. The van der Waals surface area contributed by atoms with Crippen molar-refractivity contribution in [1.29, 1.82) is 0 Å². The molecule has 0 saturated heterocycles. The zero-order chi connectivity index (χ0) is 21.9. The number of hydrogen-bond donors (Lipinski definition) is 2. The Balaban J connectivity index is 1.37. The third-order valence-electron chi connectivity index (χ3n) is 6.36. The molecule has 4 heteroatoms. The Hall–Kier alpha value is -3.53. The van der Waals surface area contributed by atoms with E-state index in [9.17, 15) is 4.79 Å². The van der Waals surface area contributed by atoms with E-state index >= 15 is 0 Å². The number of H-pyrrole nitrogens is 1. The molecule has 1 aliphatic carbocycles. The highest BCUT2D eigenvalue weighted by atomic mass is 16.5. The maximum Gasteiger partial charge on any atom is 0.220 e. The second-order valence-corrected chi connectivity index (χ2v) is 8.55. The number of carbonyl (C=O) groups excluding carboxylic acids is 1. The predicted octanol–water partition coefficient (Wildman–Crippen LogP) is 6.04. The van der Waals surface area contributed by atoms with Crippen LogP contribution in [0.1, 0.15) is 36.4 Å². The van der Waals surface area contributed by atoms with Crippen LogP contribution in [0, 0.1) is 5.92 Å². The predicted molar refractivity (Wildman–Crippen MR) is 129 cm³/mol. The third kappa shape index (κ3) is 4.26. The van der Waals surface area contributed by atoms with Gasteiger partial charge in [-0.25, -0.2) is 0 Å². The molecule has 0 aliphatic heterocycles. The normalized spacial score (nSPS) is 14.3. The van der Waals surface area contributed by atoms with Crippen LogP contribution in [0.25, 0.3) is 22.2 Å². The van der Waals surface area contributed by atoms with Crippen molar-refractivity contribution in [2.75, 3.05) is 7.11 Å². The van der Waals surface area contributed by atoms with Crippen LogP contribution in [-0.2, 0) is 11.2 Å². The van der Waals surface area contributed by atoms with Gasteiger partial charge in [-0.15, -0.1) is 0 Å². The first-order chi connectivity index (χ1) is 15.7. The van der Waals surface area contributed by atoms with Gasteiger partial charge >= 0.3 is 0 Å². The van der Waals surface area contributed by atoms with E-state index in [2.05, 4.69) is 52.8 Å². The molecule has 1 atom stereocenters. The van der Waals surface area contributed by atoms with E-state index in [1.54, 1.807) is 7.11 Å². The number of rotatable bonds is 8. The van der Waals surface area contributed by atoms with Gasteiger partial charge in [-0.1, -0.05) is 48.5 Å². The number of nitrogens with one attached hydrogen (secondary N) is 2. The lowest BCUT2D eigenvalue weighted by Gasteiger charge is -2.19. The van der Waals surface area contributed by atoms with Crippen molar-refractivity contribution in [3.8, 4) is 17.0 Å². The topological polar surface area (TPSA) is 54.1 Å². The SMILES string of the molecule is COc1ccc(-c2[nH]c3ccccc3c2CCC(=O)NC(c2ccccc2)C2CC2)cc1. The van der Waals surface area contributed by atoms with Gasteiger partial charge in [0.2, 0.25) is 5.91 Å². The van der Waals surface area contributed by atoms with Crippen LogP contribution >= 0.6 is 0 Å². The fourth-order valence-electron chi connectivity index (χ4n) is 4.51. The van der Waals surface area contributed by atoms with E-state index in [4.69, 9.17) is 4.74 Å². The molecule has 3 aromatic carbocycles. The highest BCUT2D eigenvalue weighted by molar-refractivity contribution is 5.91. The highest BCUT2D eigenvalue weighted by Gasteiger charge is 2.33. The molecule has 1 aliphatic rings. The molecule has 32 heavy (non-hydrogen) atoms.